The Morgan fingerprint density at radius 3 is 2.60 bits per heavy atom. The Morgan fingerprint density at radius 1 is 1.53 bits per heavy atom. The highest BCUT2D eigenvalue weighted by Crippen LogP contribution is 2.52. The van der Waals surface area contributed by atoms with Gasteiger partial charge in [-0.15, -0.1) is 13.2 Å². The third-order valence-corrected chi connectivity index (χ3v) is 4.06. The van der Waals surface area contributed by atoms with E-state index in [1.807, 2.05) is 12.2 Å². The van der Waals surface area contributed by atoms with Gasteiger partial charge in [0.05, 0.1) is 0 Å². The van der Waals surface area contributed by atoms with Gasteiger partial charge in [-0.25, -0.2) is 0 Å². The quantitative estimate of drug-likeness (QED) is 0.640. The molecule has 0 N–H and O–H groups in total. The maximum absolute atomic E-state index is 12.0. The molecule has 0 bridgehead atoms. The number of hydrogen-bond donors (Lipinski definition) is 0. The summed E-state index contributed by atoms with van der Waals surface area (Å²) in [7, 11) is 0. The van der Waals surface area contributed by atoms with Gasteiger partial charge in [0.1, 0.15) is 5.78 Å². The van der Waals surface area contributed by atoms with Crippen molar-refractivity contribution < 1.29 is 4.79 Å². The second-order valence-corrected chi connectivity index (χ2v) is 5.45. The molecule has 0 spiro atoms. The molecule has 1 heteroatoms. The van der Waals surface area contributed by atoms with Crippen molar-refractivity contribution in [2.24, 2.45) is 16.7 Å². The molecule has 1 saturated carbocycles. The molecular formula is C14H22O. The fourth-order valence-corrected chi connectivity index (χ4v) is 2.97. The molecule has 0 saturated heterocycles. The Labute approximate surface area is 93.3 Å². The van der Waals surface area contributed by atoms with Crippen LogP contribution >= 0.6 is 0 Å². The van der Waals surface area contributed by atoms with Crippen LogP contribution in [-0.2, 0) is 4.79 Å². The molecule has 15 heavy (non-hydrogen) atoms. The zero-order valence-electron chi connectivity index (χ0n) is 10.2. The minimum Gasteiger partial charge on any atom is -0.299 e. The topological polar surface area (TPSA) is 17.1 Å². The van der Waals surface area contributed by atoms with Gasteiger partial charge in [-0.05, 0) is 24.2 Å². The molecule has 0 aromatic rings. The number of carbonyl (C=O) groups excluding carboxylic acids is 1. The molecule has 0 aliphatic heterocycles. The molecule has 1 aliphatic carbocycles. The van der Waals surface area contributed by atoms with Crippen molar-refractivity contribution in [3.63, 3.8) is 0 Å². The molecule has 0 heterocycles. The first kappa shape index (κ1) is 12.2. The van der Waals surface area contributed by atoms with Crippen molar-refractivity contribution in [3.05, 3.63) is 25.3 Å². The Hall–Kier alpha value is -0.850. The summed E-state index contributed by atoms with van der Waals surface area (Å²) in [5.41, 5.74) is -0.191. The van der Waals surface area contributed by atoms with E-state index in [1.54, 1.807) is 0 Å². The summed E-state index contributed by atoms with van der Waals surface area (Å²) >= 11 is 0. The molecule has 0 unspecified atom stereocenters. The minimum absolute atomic E-state index is 0.0317. The number of carbonyl (C=O) groups is 1. The normalized spacial score (nSPS) is 31.7. The third-order valence-electron chi connectivity index (χ3n) is 4.06. The maximum Gasteiger partial charge on any atom is 0.139 e. The van der Waals surface area contributed by atoms with Crippen LogP contribution in [-0.4, -0.2) is 5.78 Å². The first-order chi connectivity index (χ1) is 6.88. The predicted octanol–water partition coefficient (Wildman–Crippen LogP) is 3.76. The van der Waals surface area contributed by atoms with Crippen molar-refractivity contribution in [3.8, 4) is 0 Å². The first-order valence-corrected chi connectivity index (χ1v) is 5.66. The van der Waals surface area contributed by atoms with Crippen molar-refractivity contribution >= 4 is 5.78 Å². The van der Waals surface area contributed by atoms with Crippen molar-refractivity contribution in [1.29, 1.82) is 0 Å². The fraction of sp³-hybridized carbons (Fsp3) is 0.643. The fourth-order valence-electron chi connectivity index (χ4n) is 2.97. The van der Waals surface area contributed by atoms with Gasteiger partial charge < -0.3 is 0 Å². The van der Waals surface area contributed by atoms with Crippen LogP contribution in [0.2, 0.25) is 0 Å². The van der Waals surface area contributed by atoms with Gasteiger partial charge in [0.15, 0.2) is 0 Å². The van der Waals surface area contributed by atoms with E-state index in [0.717, 1.165) is 12.8 Å². The van der Waals surface area contributed by atoms with Crippen molar-refractivity contribution in [2.75, 3.05) is 0 Å². The van der Waals surface area contributed by atoms with Gasteiger partial charge in [-0.3, -0.25) is 4.79 Å². The van der Waals surface area contributed by atoms with E-state index in [1.165, 1.54) is 0 Å². The molecule has 2 atom stereocenters. The third kappa shape index (κ3) is 1.92. The molecule has 1 aliphatic rings. The van der Waals surface area contributed by atoms with Crippen molar-refractivity contribution in [1.82, 2.24) is 0 Å². The van der Waals surface area contributed by atoms with E-state index >= 15 is 0 Å². The first-order valence-electron chi connectivity index (χ1n) is 5.66. The summed E-state index contributed by atoms with van der Waals surface area (Å²) in [6, 6.07) is 0. The van der Waals surface area contributed by atoms with Crippen LogP contribution in [0.5, 0.6) is 0 Å². The van der Waals surface area contributed by atoms with E-state index in [2.05, 4.69) is 33.9 Å². The SMILES string of the molecule is C=CC[C@]1(C)C(=O)CC[C@H]1C(C)(C)C=C. The Balaban J connectivity index is 3.04. The van der Waals surface area contributed by atoms with E-state index in [0.29, 0.717) is 18.1 Å². The Kier molecular flexibility index (Phi) is 3.22. The summed E-state index contributed by atoms with van der Waals surface area (Å²) in [4.78, 5) is 12.0. The molecule has 0 aromatic carbocycles. The molecule has 1 rings (SSSR count). The van der Waals surface area contributed by atoms with E-state index < -0.39 is 0 Å². The average Bonchev–Trinajstić information content (AvgIpc) is 2.45. The van der Waals surface area contributed by atoms with Gasteiger partial charge in [0.2, 0.25) is 0 Å². The highest BCUT2D eigenvalue weighted by molar-refractivity contribution is 5.87. The van der Waals surface area contributed by atoms with Crippen LogP contribution < -0.4 is 0 Å². The highest BCUT2D eigenvalue weighted by atomic mass is 16.1. The largest absolute Gasteiger partial charge is 0.299 e. The summed E-state index contributed by atoms with van der Waals surface area (Å²) in [6.07, 6.45) is 6.34. The lowest BCUT2D eigenvalue weighted by Crippen LogP contribution is -2.36. The molecule has 1 fully saturated rings. The number of rotatable bonds is 4. The average molecular weight is 206 g/mol. The molecule has 0 radical (unpaired) electrons. The maximum atomic E-state index is 12.0. The monoisotopic (exact) mass is 206 g/mol. The van der Waals surface area contributed by atoms with E-state index in [-0.39, 0.29) is 10.8 Å². The zero-order valence-corrected chi connectivity index (χ0v) is 10.2. The summed E-state index contributed by atoms with van der Waals surface area (Å²) in [5, 5.41) is 0. The van der Waals surface area contributed by atoms with E-state index in [4.69, 9.17) is 0 Å². The van der Waals surface area contributed by atoms with Crippen LogP contribution in [0, 0.1) is 16.7 Å². The smallest absolute Gasteiger partial charge is 0.139 e. The van der Waals surface area contributed by atoms with Crippen molar-refractivity contribution in [2.45, 2.75) is 40.0 Å². The van der Waals surface area contributed by atoms with Gasteiger partial charge in [-0.2, -0.15) is 0 Å². The molecule has 0 aromatic heterocycles. The second-order valence-electron chi connectivity index (χ2n) is 5.45. The number of hydrogen-bond acceptors (Lipinski definition) is 1. The van der Waals surface area contributed by atoms with Crippen LogP contribution in [0.1, 0.15) is 40.0 Å². The number of allylic oxidation sites excluding steroid dienone is 2. The lowest BCUT2D eigenvalue weighted by Gasteiger charge is -2.39. The zero-order chi connectivity index (χ0) is 11.7. The molecule has 84 valence electrons. The minimum atomic E-state index is -0.223. The number of Topliss-reactive ketones (excluding diaryl/α,β-unsaturated/α-hetero) is 1. The van der Waals surface area contributed by atoms with Gasteiger partial charge >= 0.3 is 0 Å². The van der Waals surface area contributed by atoms with Crippen LogP contribution in [0.25, 0.3) is 0 Å². The standard InChI is InChI=1S/C14H22O/c1-6-10-14(5)11(8-9-12(14)15)13(3,4)7-2/h6-7,11H,1-2,8-10H2,3-5H3/t11-,14-/m0/s1. The van der Waals surface area contributed by atoms with Crippen LogP contribution in [0.15, 0.2) is 25.3 Å². The Morgan fingerprint density at radius 2 is 2.13 bits per heavy atom. The van der Waals surface area contributed by atoms with Gasteiger partial charge in [0, 0.05) is 11.8 Å². The van der Waals surface area contributed by atoms with Gasteiger partial charge in [-0.1, -0.05) is 32.9 Å². The van der Waals surface area contributed by atoms with Crippen LogP contribution in [0.3, 0.4) is 0 Å². The second kappa shape index (κ2) is 3.96. The lowest BCUT2D eigenvalue weighted by atomic mass is 9.64. The van der Waals surface area contributed by atoms with Gasteiger partial charge in [0.25, 0.3) is 0 Å². The Bertz CT molecular complexity index is 288. The summed E-state index contributed by atoms with van der Waals surface area (Å²) in [5.74, 6) is 0.787. The van der Waals surface area contributed by atoms with Crippen LogP contribution in [0.4, 0.5) is 0 Å². The number of ketones is 1. The van der Waals surface area contributed by atoms with E-state index in [9.17, 15) is 4.79 Å². The molecular weight excluding hydrogens is 184 g/mol. The summed E-state index contributed by atoms with van der Waals surface area (Å²) in [6.45, 7) is 14.1. The highest BCUT2D eigenvalue weighted by Gasteiger charge is 2.50. The molecule has 0 amide bonds. The molecule has 1 nitrogen and oxygen atoms in total. The summed E-state index contributed by atoms with van der Waals surface area (Å²) < 4.78 is 0. The predicted molar refractivity (Wildman–Crippen MR) is 64.6 cm³/mol. The lowest BCUT2D eigenvalue weighted by molar-refractivity contribution is -0.127.